The van der Waals surface area contributed by atoms with Crippen molar-refractivity contribution in [2.24, 2.45) is 17.8 Å². The van der Waals surface area contributed by atoms with Gasteiger partial charge in [-0.25, -0.2) is 0 Å². The molecule has 4 unspecified atom stereocenters. The molecule has 3 fully saturated rings. The van der Waals surface area contributed by atoms with Crippen LogP contribution in [0.1, 0.15) is 52.9 Å². The molecule has 4 nitrogen and oxygen atoms in total. The second-order valence-corrected chi connectivity index (χ2v) is 6.99. The van der Waals surface area contributed by atoms with E-state index in [9.17, 15) is 5.11 Å². The fourth-order valence-electron chi connectivity index (χ4n) is 4.58. The van der Waals surface area contributed by atoms with Crippen LogP contribution >= 0.6 is 0 Å². The summed E-state index contributed by atoms with van der Waals surface area (Å²) in [5.74, 6) is 0.344. The molecule has 1 aliphatic carbocycles. The first-order valence-corrected chi connectivity index (χ1v) is 8.15. The van der Waals surface area contributed by atoms with Crippen LogP contribution < -0.4 is 0 Å². The summed E-state index contributed by atoms with van der Waals surface area (Å²) in [6.45, 7) is 7.44. The zero-order valence-corrected chi connectivity index (χ0v) is 12.9. The molecule has 3 rings (SSSR count). The van der Waals surface area contributed by atoms with Gasteiger partial charge in [-0.3, -0.25) is 0 Å². The van der Waals surface area contributed by atoms with Crippen molar-refractivity contribution in [3.63, 3.8) is 0 Å². The van der Waals surface area contributed by atoms with Gasteiger partial charge >= 0.3 is 0 Å². The van der Waals surface area contributed by atoms with Crippen LogP contribution in [0.15, 0.2) is 0 Å². The minimum atomic E-state index is -0.829. The molecule has 1 N–H and O–H groups in total. The van der Waals surface area contributed by atoms with Crippen LogP contribution in [0, 0.1) is 17.8 Å². The summed E-state index contributed by atoms with van der Waals surface area (Å²) in [4.78, 5) is 0. The highest BCUT2D eigenvalue weighted by Crippen LogP contribution is 2.52. The summed E-state index contributed by atoms with van der Waals surface area (Å²) in [7, 11) is 0. The van der Waals surface area contributed by atoms with Gasteiger partial charge in [-0.05, 0) is 50.9 Å². The van der Waals surface area contributed by atoms with Crippen LogP contribution in [0.2, 0.25) is 0 Å². The Morgan fingerprint density at radius 1 is 1.30 bits per heavy atom. The summed E-state index contributed by atoms with van der Waals surface area (Å²) >= 11 is 0. The molecule has 3 aliphatic rings. The van der Waals surface area contributed by atoms with E-state index in [2.05, 4.69) is 6.92 Å². The molecule has 1 saturated carbocycles. The molecule has 0 spiro atoms. The first-order valence-electron chi connectivity index (χ1n) is 8.15. The molecule has 0 amide bonds. The molecule has 0 aromatic heterocycles. The Hall–Kier alpha value is -0.160. The molecule has 2 aliphatic heterocycles. The fourth-order valence-corrected chi connectivity index (χ4v) is 4.58. The van der Waals surface area contributed by atoms with Crippen molar-refractivity contribution in [3.8, 4) is 0 Å². The second-order valence-electron chi connectivity index (χ2n) is 6.99. The highest BCUT2D eigenvalue weighted by molar-refractivity contribution is 5.04. The maximum atomic E-state index is 11.4. The zero-order chi connectivity index (χ0) is 14.4. The summed E-state index contributed by atoms with van der Waals surface area (Å²) in [5.41, 5.74) is -0.829. The molecular formula is C16H28O4. The molecule has 116 valence electrons. The lowest BCUT2D eigenvalue weighted by Crippen LogP contribution is -2.63. The van der Waals surface area contributed by atoms with Crippen molar-refractivity contribution in [1.29, 1.82) is 0 Å². The third-order valence-electron chi connectivity index (χ3n) is 5.64. The van der Waals surface area contributed by atoms with Crippen molar-refractivity contribution in [3.05, 3.63) is 0 Å². The Kier molecular flexibility index (Phi) is 3.87. The maximum absolute atomic E-state index is 11.4. The van der Waals surface area contributed by atoms with E-state index in [1.807, 2.05) is 13.8 Å². The van der Waals surface area contributed by atoms with Gasteiger partial charge in [0.2, 0.25) is 0 Å². The first-order chi connectivity index (χ1) is 9.49. The van der Waals surface area contributed by atoms with Gasteiger partial charge in [0.15, 0.2) is 12.1 Å². The van der Waals surface area contributed by atoms with E-state index in [0.29, 0.717) is 25.0 Å². The Morgan fingerprint density at radius 3 is 2.85 bits per heavy atom. The van der Waals surface area contributed by atoms with Crippen molar-refractivity contribution >= 4 is 0 Å². The van der Waals surface area contributed by atoms with Gasteiger partial charge in [0.1, 0.15) is 5.60 Å². The summed E-state index contributed by atoms with van der Waals surface area (Å²) < 4.78 is 17.8. The van der Waals surface area contributed by atoms with Crippen LogP contribution in [-0.4, -0.2) is 36.0 Å². The summed E-state index contributed by atoms with van der Waals surface area (Å²) in [5, 5.41) is 11.4. The summed E-state index contributed by atoms with van der Waals surface area (Å²) in [6, 6.07) is 0. The molecule has 2 saturated heterocycles. The highest BCUT2D eigenvalue weighted by Gasteiger charge is 2.60. The lowest BCUT2D eigenvalue weighted by atomic mass is 9.62. The van der Waals surface area contributed by atoms with E-state index in [4.69, 9.17) is 14.2 Å². The van der Waals surface area contributed by atoms with Gasteiger partial charge in [-0.15, -0.1) is 0 Å². The van der Waals surface area contributed by atoms with E-state index >= 15 is 0 Å². The number of hydrogen-bond acceptors (Lipinski definition) is 4. The zero-order valence-electron chi connectivity index (χ0n) is 12.9. The van der Waals surface area contributed by atoms with E-state index in [1.165, 1.54) is 6.42 Å². The average molecular weight is 284 g/mol. The smallest absolute Gasteiger partial charge is 0.190 e. The van der Waals surface area contributed by atoms with Crippen LogP contribution in [-0.2, 0) is 14.2 Å². The van der Waals surface area contributed by atoms with Crippen molar-refractivity contribution in [2.75, 3.05) is 13.2 Å². The monoisotopic (exact) mass is 284 g/mol. The first kappa shape index (κ1) is 14.8. The predicted octanol–water partition coefficient (Wildman–Crippen LogP) is 2.69. The van der Waals surface area contributed by atoms with Crippen LogP contribution in [0.25, 0.3) is 0 Å². The SMILES string of the molecule is CCOC1(C)CCC2CCCC3C(C)CO[C@H](O1)[C@@]23O. The quantitative estimate of drug-likeness (QED) is 0.847. The van der Waals surface area contributed by atoms with Crippen molar-refractivity contribution in [1.82, 2.24) is 0 Å². The maximum Gasteiger partial charge on any atom is 0.190 e. The van der Waals surface area contributed by atoms with Gasteiger partial charge in [0.25, 0.3) is 0 Å². The van der Waals surface area contributed by atoms with Gasteiger partial charge < -0.3 is 19.3 Å². The lowest BCUT2D eigenvalue weighted by Gasteiger charge is -2.53. The van der Waals surface area contributed by atoms with Crippen LogP contribution in [0.4, 0.5) is 0 Å². The topological polar surface area (TPSA) is 47.9 Å². The van der Waals surface area contributed by atoms with Gasteiger partial charge in [0.05, 0.1) is 6.61 Å². The Morgan fingerprint density at radius 2 is 2.10 bits per heavy atom. The van der Waals surface area contributed by atoms with Gasteiger partial charge in [-0.1, -0.05) is 13.3 Å². The summed E-state index contributed by atoms with van der Waals surface area (Å²) in [6.07, 6.45) is 4.62. The highest BCUT2D eigenvalue weighted by atomic mass is 16.8. The minimum Gasteiger partial charge on any atom is -0.384 e. The molecule has 0 radical (unpaired) electrons. The van der Waals surface area contributed by atoms with Crippen molar-refractivity contribution < 1.29 is 19.3 Å². The third-order valence-corrected chi connectivity index (χ3v) is 5.64. The molecule has 2 heterocycles. The molecule has 6 atom stereocenters. The van der Waals surface area contributed by atoms with Gasteiger partial charge in [-0.2, -0.15) is 0 Å². The largest absolute Gasteiger partial charge is 0.384 e. The van der Waals surface area contributed by atoms with Crippen LogP contribution in [0.5, 0.6) is 0 Å². The van der Waals surface area contributed by atoms with E-state index in [0.717, 1.165) is 25.7 Å². The Bertz CT molecular complexity index is 360. The number of ether oxygens (including phenoxy) is 3. The molecule has 0 bridgehead atoms. The second kappa shape index (κ2) is 5.24. The standard InChI is InChI=1S/C16H28O4/c1-4-19-15(3)9-8-12-6-5-7-13-11(2)10-18-14(20-15)16(12,13)17/h11-14,17H,4-10H2,1-3H3/t11?,12?,13?,14-,15?,16-/m1/s1. The molecule has 20 heavy (non-hydrogen) atoms. The molecule has 4 heteroatoms. The minimum absolute atomic E-state index is 0.274. The lowest BCUT2D eigenvalue weighted by molar-refractivity contribution is -0.368. The van der Waals surface area contributed by atoms with E-state index in [-0.39, 0.29) is 5.92 Å². The number of hydrogen-bond donors (Lipinski definition) is 1. The number of aliphatic hydroxyl groups is 1. The van der Waals surface area contributed by atoms with Crippen LogP contribution in [0.3, 0.4) is 0 Å². The fraction of sp³-hybridized carbons (Fsp3) is 1.00. The van der Waals surface area contributed by atoms with E-state index in [1.54, 1.807) is 0 Å². The molecular weight excluding hydrogens is 256 g/mol. The van der Waals surface area contributed by atoms with Gasteiger partial charge in [0, 0.05) is 13.0 Å². The third kappa shape index (κ3) is 2.21. The van der Waals surface area contributed by atoms with E-state index < -0.39 is 17.7 Å². The normalized spacial score (nSPS) is 52.2. The Balaban J connectivity index is 1.91. The predicted molar refractivity (Wildman–Crippen MR) is 75.0 cm³/mol. The molecule has 0 aromatic carbocycles. The average Bonchev–Trinajstić information content (AvgIpc) is 2.51. The molecule has 0 aromatic rings. The van der Waals surface area contributed by atoms with Crippen molar-refractivity contribution in [2.45, 2.75) is 70.6 Å². The Labute approximate surface area is 121 Å². The number of rotatable bonds is 2.